The van der Waals surface area contributed by atoms with Gasteiger partial charge in [0, 0.05) is 12.8 Å². The van der Waals surface area contributed by atoms with Crippen LogP contribution in [-0.2, 0) is 4.79 Å². The Morgan fingerprint density at radius 2 is 1.65 bits per heavy atom. The fraction of sp³-hybridized carbons (Fsp3) is 0.722. The number of aliphatic carboxylic acids is 1. The standard InChI is InChI=1S/C18H30O2/c1-2-3-4-5-6-7-8-9-10-11-12-13-14-15-16-17-18(19)20/h5-6H,2-4,9-17H2,1H3,(H,19,20)/b6-5+. The molecule has 0 unspecified atom stereocenters. The highest BCUT2D eigenvalue weighted by Crippen LogP contribution is 2.09. The lowest BCUT2D eigenvalue weighted by molar-refractivity contribution is -0.137. The average molecular weight is 278 g/mol. The molecule has 0 aromatic rings. The maximum atomic E-state index is 10.3. The second-order valence-electron chi connectivity index (χ2n) is 5.23. The molecule has 2 nitrogen and oxygen atoms in total. The third kappa shape index (κ3) is 16.8. The van der Waals surface area contributed by atoms with Gasteiger partial charge in [0.15, 0.2) is 0 Å². The van der Waals surface area contributed by atoms with E-state index in [1.165, 1.54) is 44.9 Å². The van der Waals surface area contributed by atoms with E-state index >= 15 is 0 Å². The zero-order valence-corrected chi connectivity index (χ0v) is 13.0. The van der Waals surface area contributed by atoms with E-state index in [1.54, 1.807) is 0 Å². The summed E-state index contributed by atoms with van der Waals surface area (Å²) in [6, 6.07) is 0. The normalized spacial score (nSPS) is 10.4. The molecule has 0 atom stereocenters. The highest BCUT2D eigenvalue weighted by molar-refractivity contribution is 5.66. The lowest BCUT2D eigenvalue weighted by Crippen LogP contribution is -1.93. The molecule has 0 fully saturated rings. The monoisotopic (exact) mass is 278 g/mol. The summed E-state index contributed by atoms with van der Waals surface area (Å²) in [6.07, 6.45) is 17.1. The molecule has 0 aromatic carbocycles. The smallest absolute Gasteiger partial charge is 0.303 e. The minimum atomic E-state index is -0.674. The van der Waals surface area contributed by atoms with Crippen molar-refractivity contribution >= 4 is 5.97 Å². The first-order chi connectivity index (χ1) is 9.77. The molecule has 0 bridgehead atoms. The fourth-order valence-corrected chi connectivity index (χ4v) is 1.97. The van der Waals surface area contributed by atoms with Crippen molar-refractivity contribution < 1.29 is 9.90 Å². The Hall–Kier alpha value is -1.23. The molecule has 0 rings (SSSR count). The lowest BCUT2D eigenvalue weighted by atomic mass is 10.1. The second-order valence-corrected chi connectivity index (χ2v) is 5.23. The van der Waals surface area contributed by atoms with Gasteiger partial charge in [-0.2, -0.15) is 0 Å². The number of hydrogen-bond donors (Lipinski definition) is 1. The average Bonchev–Trinajstić information content (AvgIpc) is 2.43. The van der Waals surface area contributed by atoms with Crippen LogP contribution in [0.2, 0.25) is 0 Å². The number of carboxylic acids is 1. The summed E-state index contributed by atoms with van der Waals surface area (Å²) in [5, 5.41) is 8.50. The Labute approximate surface area is 124 Å². The van der Waals surface area contributed by atoms with Crippen molar-refractivity contribution in [3.63, 3.8) is 0 Å². The van der Waals surface area contributed by atoms with E-state index in [9.17, 15) is 4.79 Å². The van der Waals surface area contributed by atoms with Crippen LogP contribution in [0, 0.1) is 11.8 Å². The number of carboxylic acid groups (broad SMARTS) is 1. The molecule has 114 valence electrons. The Kier molecular flexibility index (Phi) is 14.9. The van der Waals surface area contributed by atoms with Crippen LogP contribution in [0.3, 0.4) is 0 Å². The van der Waals surface area contributed by atoms with E-state index in [0.29, 0.717) is 6.42 Å². The zero-order chi connectivity index (χ0) is 14.9. The second kappa shape index (κ2) is 15.8. The molecule has 0 amide bonds. The van der Waals surface area contributed by atoms with Crippen molar-refractivity contribution in [3.8, 4) is 11.8 Å². The summed E-state index contributed by atoms with van der Waals surface area (Å²) < 4.78 is 0. The molecular formula is C18H30O2. The molecule has 0 spiro atoms. The molecule has 0 heterocycles. The van der Waals surface area contributed by atoms with E-state index in [2.05, 4.69) is 24.8 Å². The zero-order valence-electron chi connectivity index (χ0n) is 13.0. The molecule has 2 heteroatoms. The van der Waals surface area contributed by atoms with Gasteiger partial charge >= 0.3 is 5.97 Å². The summed E-state index contributed by atoms with van der Waals surface area (Å²) in [5.41, 5.74) is 0. The Bertz CT molecular complexity index is 307. The minimum Gasteiger partial charge on any atom is -0.481 e. The predicted molar refractivity (Wildman–Crippen MR) is 85.6 cm³/mol. The molecule has 20 heavy (non-hydrogen) atoms. The summed E-state index contributed by atoms with van der Waals surface area (Å²) in [7, 11) is 0. The molecular weight excluding hydrogens is 248 g/mol. The van der Waals surface area contributed by atoms with Crippen LogP contribution in [0.15, 0.2) is 12.2 Å². The quantitative estimate of drug-likeness (QED) is 0.387. The van der Waals surface area contributed by atoms with Gasteiger partial charge in [-0.05, 0) is 25.3 Å². The van der Waals surface area contributed by atoms with Gasteiger partial charge in [-0.3, -0.25) is 4.79 Å². The van der Waals surface area contributed by atoms with Gasteiger partial charge in [0.25, 0.3) is 0 Å². The Balaban J connectivity index is 3.18. The van der Waals surface area contributed by atoms with Gasteiger partial charge in [-0.25, -0.2) is 0 Å². The van der Waals surface area contributed by atoms with Crippen molar-refractivity contribution in [2.75, 3.05) is 0 Å². The van der Waals surface area contributed by atoms with E-state index in [1.807, 2.05) is 6.08 Å². The Morgan fingerprint density at radius 3 is 2.30 bits per heavy atom. The highest BCUT2D eigenvalue weighted by Gasteiger charge is 1.96. The minimum absolute atomic E-state index is 0.321. The number of unbranched alkanes of at least 4 members (excludes halogenated alkanes) is 9. The molecule has 1 N–H and O–H groups in total. The summed E-state index contributed by atoms with van der Waals surface area (Å²) in [4.78, 5) is 10.3. The van der Waals surface area contributed by atoms with Crippen LogP contribution in [0.25, 0.3) is 0 Å². The molecule has 0 aromatic heterocycles. The van der Waals surface area contributed by atoms with Crippen LogP contribution < -0.4 is 0 Å². The largest absolute Gasteiger partial charge is 0.481 e. The first-order valence-corrected chi connectivity index (χ1v) is 8.12. The molecule has 0 radical (unpaired) electrons. The number of hydrogen-bond acceptors (Lipinski definition) is 1. The molecule has 0 aliphatic heterocycles. The highest BCUT2D eigenvalue weighted by atomic mass is 16.4. The number of allylic oxidation sites excluding steroid dienone is 2. The summed E-state index contributed by atoms with van der Waals surface area (Å²) >= 11 is 0. The summed E-state index contributed by atoms with van der Waals surface area (Å²) in [5.74, 6) is 5.60. The van der Waals surface area contributed by atoms with E-state index in [0.717, 1.165) is 25.7 Å². The van der Waals surface area contributed by atoms with Gasteiger partial charge < -0.3 is 5.11 Å². The maximum absolute atomic E-state index is 10.3. The van der Waals surface area contributed by atoms with Crippen molar-refractivity contribution in [1.82, 2.24) is 0 Å². The maximum Gasteiger partial charge on any atom is 0.303 e. The Morgan fingerprint density at radius 1 is 1.00 bits per heavy atom. The SMILES string of the molecule is CCCC/C=C/C#CCCCCCCCCCC(=O)O. The lowest BCUT2D eigenvalue weighted by Gasteiger charge is -1.99. The first kappa shape index (κ1) is 18.8. The third-order valence-corrected chi connectivity index (χ3v) is 3.22. The molecule has 0 aliphatic carbocycles. The first-order valence-electron chi connectivity index (χ1n) is 8.12. The van der Waals surface area contributed by atoms with Gasteiger partial charge in [-0.15, -0.1) is 0 Å². The van der Waals surface area contributed by atoms with E-state index < -0.39 is 5.97 Å². The fourth-order valence-electron chi connectivity index (χ4n) is 1.97. The van der Waals surface area contributed by atoms with Crippen LogP contribution in [0.4, 0.5) is 0 Å². The third-order valence-electron chi connectivity index (χ3n) is 3.22. The van der Waals surface area contributed by atoms with Gasteiger partial charge in [0.2, 0.25) is 0 Å². The number of carbonyl (C=O) groups is 1. The topological polar surface area (TPSA) is 37.3 Å². The van der Waals surface area contributed by atoms with Crippen LogP contribution in [0.5, 0.6) is 0 Å². The van der Waals surface area contributed by atoms with Gasteiger partial charge in [0.1, 0.15) is 0 Å². The van der Waals surface area contributed by atoms with Gasteiger partial charge in [-0.1, -0.05) is 69.8 Å². The van der Waals surface area contributed by atoms with E-state index in [-0.39, 0.29) is 0 Å². The molecule has 0 saturated carbocycles. The van der Waals surface area contributed by atoms with Crippen molar-refractivity contribution in [1.29, 1.82) is 0 Å². The predicted octanol–water partition coefficient (Wildman–Crippen LogP) is 5.33. The van der Waals surface area contributed by atoms with Crippen molar-refractivity contribution in [2.45, 2.75) is 84.0 Å². The van der Waals surface area contributed by atoms with Crippen LogP contribution >= 0.6 is 0 Å². The van der Waals surface area contributed by atoms with E-state index in [4.69, 9.17) is 5.11 Å². The number of rotatable bonds is 12. The van der Waals surface area contributed by atoms with Crippen molar-refractivity contribution in [2.24, 2.45) is 0 Å². The van der Waals surface area contributed by atoms with Crippen LogP contribution in [-0.4, -0.2) is 11.1 Å². The van der Waals surface area contributed by atoms with Crippen molar-refractivity contribution in [3.05, 3.63) is 12.2 Å². The molecule has 0 saturated heterocycles. The van der Waals surface area contributed by atoms with Crippen LogP contribution in [0.1, 0.15) is 84.0 Å². The molecule has 0 aliphatic rings. The van der Waals surface area contributed by atoms with Gasteiger partial charge in [0.05, 0.1) is 0 Å². The summed E-state index contributed by atoms with van der Waals surface area (Å²) in [6.45, 7) is 2.20.